The number of rotatable bonds is 6. The SMILES string of the molecule is CCCS(=O)(=O)c1ncc(Cl)c(C(=O)N(C)Cc2ccccc2)n1. The Labute approximate surface area is 146 Å². The molecule has 1 aromatic carbocycles. The Morgan fingerprint density at radius 3 is 2.54 bits per heavy atom. The molecule has 1 heterocycles. The summed E-state index contributed by atoms with van der Waals surface area (Å²) in [6.45, 7) is 2.10. The monoisotopic (exact) mass is 367 g/mol. The van der Waals surface area contributed by atoms with Crippen LogP contribution in [0.5, 0.6) is 0 Å². The average Bonchev–Trinajstić information content (AvgIpc) is 2.55. The third-order valence-corrected chi connectivity index (χ3v) is 5.26. The molecule has 0 saturated heterocycles. The van der Waals surface area contributed by atoms with E-state index < -0.39 is 15.7 Å². The number of carbonyl (C=O) groups is 1. The average molecular weight is 368 g/mol. The molecule has 0 N–H and O–H groups in total. The highest BCUT2D eigenvalue weighted by Crippen LogP contribution is 2.18. The summed E-state index contributed by atoms with van der Waals surface area (Å²) in [5, 5.41) is -0.347. The van der Waals surface area contributed by atoms with E-state index >= 15 is 0 Å². The summed E-state index contributed by atoms with van der Waals surface area (Å²) in [5.74, 6) is -0.540. The molecule has 0 bridgehead atoms. The van der Waals surface area contributed by atoms with Gasteiger partial charge in [0, 0.05) is 13.6 Å². The molecule has 0 fully saturated rings. The van der Waals surface area contributed by atoms with Gasteiger partial charge in [0.1, 0.15) is 0 Å². The zero-order chi connectivity index (χ0) is 17.7. The van der Waals surface area contributed by atoms with E-state index in [-0.39, 0.29) is 21.6 Å². The predicted octanol–water partition coefficient (Wildman–Crippen LogP) is 2.59. The van der Waals surface area contributed by atoms with Gasteiger partial charge in [-0.05, 0) is 12.0 Å². The third-order valence-electron chi connectivity index (χ3n) is 3.28. The van der Waals surface area contributed by atoms with Crippen LogP contribution in [-0.4, -0.2) is 42.0 Å². The first-order chi connectivity index (χ1) is 11.3. The van der Waals surface area contributed by atoms with Gasteiger partial charge in [-0.25, -0.2) is 18.4 Å². The van der Waals surface area contributed by atoms with Crippen molar-refractivity contribution in [1.29, 1.82) is 0 Å². The van der Waals surface area contributed by atoms with Crippen molar-refractivity contribution in [3.63, 3.8) is 0 Å². The number of aromatic nitrogens is 2. The van der Waals surface area contributed by atoms with Crippen LogP contribution in [0.2, 0.25) is 5.02 Å². The highest BCUT2D eigenvalue weighted by Gasteiger charge is 2.23. The van der Waals surface area contributed by atoms with Crippen LogP contribution in [0.3, 0.4) is 0 Å². The zero-order valence-corrected chi connectivity index (χ0v) is 15.0. The molecular formula is C16H18ClN3O3S. The Balaban J connectivity index is 2.28. The molecule has 0 atom stereocenters. The van der Waals surface area contributed by atoms with Gasteiger partial charge in [0.2, 0.25) is 15.0 Å². The Hall–Kier alpha value is -1.99. The van der Waals surface area contributed by atoms with Crippen LogP contribution >= 0.6 is 11.6 Å². The van der Waals surface area contributed by atoms with Crippen LogP contribution in [-0.2, 0) is 16.4 Å². The molecule has 24 heavy (non-hydrogen) atoms. The van der Waals surface area contributed by atoms with Crippen LogP contribution < -0.4 is 0 Å². The van der Waals surface area contributed by atoms with Gasteiger partial charge in [0.25, 0.3) is 5.91 Å². The largest absolute Gasteiger partial charge is 0.336 e. The van der Waals surface area contributed by atoms with E-state index in [9.17, 15) is 13.2 Å². The number of hydrogen-bond acceptors (Lipinski definition) is 5. The molecule has 8 heteroatoms. The minimum absolute atomic E-state index is 0.0235. The van der Waals surface area contributed by atoms with E-state index in [4.69, 9.17) is 11.6 Å². The molecule has 2 aromatic rings. The van der Waals surface area contributed by atoms with Crippen LogP contribution in [0.4, 0.5) is 0 Å². The van der Waals surface area contributed by atoms with E-state index in [1.165, 1.54) is 4.90 Å². The summed E-state index contributed by atoms with van der Waals surface area (Å²) < 4.78 is 24.2. The zero-order valence-electron chi connectivity index (χ0n) is 13.4. The smallest absolute Gasteiger partial charge is 0.274 e. The summed E-state index contributed by atoms with van der Waals surface area (Å²) in [6.07, 6.45) is 1.59. The van der Waals surface area contributed by atoms with Gasteiger partial charge in [-0.1, -0.05) is 48.9 Å². The van der Waals surface area contributed by atoms with Crippen molar-refractivity contribution in [3.05, 3.63) is 52.8 Å². The van der Waals surface area contributed by atoms with Crippen molar-refractivity contribution in [2.45, 2.75) is 25.0 Å². The highest BCUT2D eigenvalue weighted by atomic mass is 35.5. The summed E-state index contributed by atoms with van der Waals surface area (Å²) in [4.78, 5) is 21.6. The molecule has 0 radical (unpaired) electrons. The number of nitrogens with zero attached hydrogens (tertiary/aromatic N) is 3. The van der Waals surface area contributed by atoms with Crippen molar-refractivity contribution in [3.8, 4) is 0 Å². The maximum atomic E-state index is 12.6. The molecule has 0 unspecified atom stereocenters. The molecule has 0 aliphatic carbocycles. The van der Waals surface area contributed by atoms with Crippen LogP contribution in [0.1, 0.15) is 29.4 Å². The van der Waals surface area contributed by atoms with Gasteiger partial charge in [-0.3, -0.25) is 4.79 Å². The third kappa shape index (κ3) is 4.30. The van der Waals surface area contributed by atoms with E-state index in [0.29, 0.717) is 13.0 Å². The quantitative estimate of drug-likeness (QED) is 0.733. The maximum Gasteiger partial charge on any atom is 0.274 e. The second-order valence-corrected chi connectivity index (χ2v) is 7.72. The first-order valence-electron chi connectivity index (χ1n) is 7.40. The van der Waals surface area contributed by atoms with Gasteiger partial charge in [0.05, 0.1) is 17.0 Å². The van der Waals surface area contributed by atoms with Crippen LogP contribution in [0.15, 0.2) is 41.7 Å². The van der Waals surface area contributed by atoms with Crippen molar-refractivity contribution < 1.29 is 13.2 Å². The lowest BCUT2D eigenvalue weighted by Gasteiger charge is -2.17. The summed E-state index contributed by atoms with van der Waals surface area (Å²) >= 11 is 6.00. The predicted molar refractivity (Wildman–Crippen MR) is 91.6 cm³/mol. The van der Waals surface area contributed by atoms with Gasteiger partial charge in [0.15, 0.2) is 5.69 Å². The van der Waals surface area contributed by atoms with Gasteiger partial charge < -0.3 is 4.90 Å². The molecule has 1 amide bonds. The van der Waals surface area contributed by atoms with Crippen molar-refractivity contribution in [2.24, 2.45) is 0 Å². The van der Waals surface area contributed by atoms with Gasteiger partial charge in [-0.2, -0.15) is 0 Å². The molecule has 0 saturated carbocycles. The Morgan fingerprint density at radius 2 is 1.92 bits per heavy atom. The number of benzene rings is 1. The topological polar surface area (TPSA) is 80.2 Å². The Morgan fingerprint density at radius 1 is 1.25 bits per heavy atom. The molecular weight excluding hydrogens is 350 g/mol. The van der Waals surface area contributed by atoms with E-state index in [2.05, 4.69) is 9.97 Å². The van der Waals surface area contributed by atoms with Crippen molar-refractivity contribution >= 4 is 27.3 Å². The first kappa shape index (κ1) is 18.4. The standard InChI is InChI=1S/C16H18ClN3O3S/c1-3-9-24(22,23)16-18-10-13(17)14(19-16)15(21)20(2)11-12-7-5-4-6-8-12/h4-8,10H,3,9,11H2,1-2H3. The summed E-state index contributed by atoms with van der Waals surface area (Å²) in [6, 6.07) is 9.42. The summed E-state index contributed by atoms with van der Waals surface area (Å²) in [7, 11) is -2.01. The molecule has 1 aromatic heterocycles. The molecule has 6 nitrogen and oxygen atoms in total. The highest BCUT2D eigenvalue weighted by molar-refractivity contribution is 7.91. The summed E-state index contributed by atoms with van der Waals surface area (Å²) in [5.41, 5.74) is 0.831. The maximum absolute atomic E-state index is 12.6. The minimum atomic E-state index is -3.62. The minimum Gasteiger partial charge on any atom is -0.336 e. The van der Waals surface area contributed by atoms with Crippen LogP contribution in [0, 0.1) is 0 Å². The Kier molecular flexibility index (Phi) is 5.90. The fourth-order valence-corrected chi connectivity index (χ4v) is 3.46. The molecule has 0 aliphatic heterocycles. The lowest BCUT2D eigenvalue weighted by atomic mass is 10.2. The fourth-order valence-electron chi connectivity index (χ4n) is 2.12. The molecule has 0 spiro atoms. The van der Waals surface area contributed by atoms with E-state index in [1.807, 2.05) is 30.3 Å². The van der Waals surface area contributed by atoms with Crippen LogP contribution in [0.25, 0.3) is 0 Å². The second-order valence-electron chi connectivity index (χ2n) is 5.31. The molecule has 0 aliphatic rings. The lowest BCUT2D eigenvalue weighted by molar-refractivity contribution is 0.0778. The lowest BCUT2D eigenvalue weighted by Crippen LogP contribution is -2.28. The normalized spacial score (nSPS) is 11.3. The Bertz CT molecular complexity index is 826. The fraction of sp³-hybridized carbons (Fsp3) is 0.312. The van der Waals surface area contributed by atoms with Crippen molar-refractivity contribution in [2.75, 3.05) is 12.8 Å². The van der Waals surface area contributed by atoms with E-state index in [0.717, 1.165) is 11.8 Å². The van der Waals surface area contributed by atoms with Crippen molar-refractivity contribution in [1.82, 2.24) is 14.9 Å². The number of hydrogen-bond donors (Lipinski definition) is 0. The molecule has 2 rings (SSSR count). The van der Waals surface area contributed by atoms with Gasteiger partial charge >= 0.3 is 0 Å². The van der Waals surface area contributed by atoms with E-state index in [1.54, 1.807) is 14.0 Å². The number of halogens is 1. The number of amides is 1. The number of carbonyl (C=O) groups excluding carboxylic acids is 1. The molecule has 128 valence electrons. The first-order valence-corrected chi connectivity index (χ1v) is 9.43. The number of sulfone groups is 1. The van der Waals surface area contributed by atoms with Gasteiger partial charge in [-0.15, -0.1) is 0 Å². The second kappa shape index (κ2) is 7.72.